The van der Waals surface area contributed by atoms with E-state index in [2.05, 4.69) is 35.9 Å². The van der Waals surface area contributed by atoms with Crippen molar-refractivity contribution in [2.75, 3.05) is 0 Å². The average molecular weight is 355 g/mol. The van der Waals surface area contributed by atoms with E-state index in [4.69, 9.17) is 9.26 Å². The van der Waals surface area contributed by atoms with Crippen molar-refractivity contribution in [3.8, 4) is 11.4 Å². The molecule has 2 aromatic rings. The summed E-state index contributed by atoms with van der Waals surface area (Å²) in [6.45, 7) is 6.91. The highest BCUT2D eigenvalue weighted by Gasteiger charge is 2.62. The van der Waals surface area contributed by atoms with Crippen molar-refractivity contribution in [2.45, 2.75) is 59.0 Å². The van der Waals surface area contributed by atoms with Gasteiger partial charge in [-0.05, 0) is 42.7 Å². The lowest BCUT2D eigenvalue weighted by molar-refractivity contribution is -0.156. The third-order valence-corrected chi connectivity index (χ3v) is 6.92. The highest BCUT2D eigenvalue weighted by atomic mass is 16.5. The number of nitrogens with zero attached hydrogens (tertiary/aromatic N) is 3. The molecule has 2 aliphatic carbocycles. The van der Waals surface area contributed by atoms with Gasteiger partial charge in [-0.15, -0.1) is 0 Å². The molecule has 0 aromatic carbocycles. The van der Waals surface area contributed by atoms with Gasteiger partial charge in [0.05, 0.1) is 6.42 Å². The number of hydrogen-bond acceptors (Lipinski definition) is 6. The fraction of sp³-hybridized carbons (Fsp3) is 0.600. The summed E-state index contributed by atoms with van der Waals surface area (Å²) in [4.78, 5) is 20.7. The molecule has 26 heavy (non-hydrogen) atoms. The molecule has 0 spiro atoms. The van der Waals surface area contributed by atoms with Crippen molar-refractivity contribution in [3.63, 3.8) is 0 Å². The van der Waals surface area contributed by atoms with E-state index in [1.807, 2.05) is 12.1 Å². The minimum Gasteiger partial charge on any atom is -0.462 e. The summed E-state index contributed by atoms with van der Waals surface area (Å²) in [7, 11) is 0. The number of hydrogen-bond donors (Lipinski definition) is 0. The molecule has 0 N–H and O–H groups in total. The van der Waals surface area contributed by atoms with E-state index < -0.39 is 0 Å². The maximum absolute atomic E-state index is 12.4. The molecule has 2 saturated carbocycles. The zero-order chi connectivity index (χ0) is 18.4. The first-order chi connectivity index (χ1) is 12.4. The van der Waals surface area contributed by atoms with Gasteiger partial charge in [0.1, 0.15) is 6.10 Å². The molecule has 0 radical (unpaired) electrons. The van der Waals surface area contributed by atoms with Crippen molar-refractivity contribution in [3.05, 3.63) is 30.4 Å². The molecular weight excluding hydrogens is 330 g/mol. The Balaban J connectivity index is 1.34. The SMILES string of the molecule is CC1(C)[C@H]2CC[C@@]1(C)[C@@H](OC(=O)CCc1nc(-c3cccnc3)no1)C2. The van der Waals surface area contributed by atoms with Crippen LogP contribution >= 0.6 is 0 Å². The Hall–Kier alpha value is -2.24. The predicted octanol–water partition coefficient (Wildman–Crippen LogP) is 3.82. The monoisotopic (exact) mass is 355 g/mol. The minimum atomic E-state index is -0.180. The second kappa shape index (κ2) is 6.18. The predicted molar refractivity (Wildman–Crippen MR) is 95.0 cm³/mol. The summed E-state index contributed by atoms with van der Waals surface area (Å²) >= 11 is 0. The lowest BCUT2D eigenvalue weighted by Gasteiger charge is -2.38. The molecule has 0 unspecified atom stereocenters. The van der Waals surface area contributed by atoms with Gasteiger partial charge in [-0.3, -0.25) is 9.78 Å². The summed E-state index contributed by atoms with van der Waals surface area (Å²) < 4.78 is 11.1. The van der Waals surface area contributed by atoms with Crippen LogP contribution in [0.25, 0.3) is 11.4 Å². The maximum atomic E-state index is 12.4. The highest BCUT2D eigenvalue weighted by molar-refractivity contribution is 5.70. The zero-order valence-corrected chi connectivity index (χ0v) is 15.6. The van der Waals surface area contributed by atoms with Crippen molar-refractivity contribution in [1.29, 1.82) is 0 Å². The van der Waals surface area contributed by atoms with Crippen molar-refractivity contribution < 1.29 is 14.1 Å². The molecule has 4 rings (SSSR count). The fourth-order valence-electron chi connectivity index (χ4n) is 4.70. The molecule has 2 heterocycles. The van der Waals surface area contributed by atoms with Crippen LogP contribution in [0.3, 0.4) is 0 Å². The van der Waals surface area contributed by atoms with Gasteiger partial charge in [0.2, 0.25) is 11.7 Å². The van der Waals surface area contributed by atoms with Gasteiger partial charge >= 0.3 is 5.97 Å². The molecule has 0 amide bonds. The second-order valence-electron chi connectivity index (χ2n) is 8.34. The zero-order valence-electron chi connectivity index (χ0n) is 15.6. The van der Waals surface area contributed by atoms with Gasteiger partial charge in [-0.2, -0.15) is 4.98 Å². The number of carbonyl (C=O) groups excluding carboxylic acids is 1. The molecule has 138 valence electrons. The first-order valence-electron chi connectivity index (χ1n) is 9.32. The number of rotatable bonds is 5. The Kier molecular flexibility index (Phi) is 4.09. The smallest absolute Gasteiger partial charge is 0.306 e. The van der Waals surface area contributed by atoms with Gasteiger partial charge in [0, 0.05) is 29.8 Å². The lowest BCUT2D eigenvalue weighted by Crippen LogP contribution is -2.38. The fourth-order valence-corrected chi connectivity index (χ4v) is 4.70. The molecule has 2 bridgehead atoms. The van der Waals surface area contributed by atoms with E-state index in [-0.39, 0.29) is 29.3 Å². The number of aryl methyl sites for hydroxylation is 1. The summed E-state index contributed by atoms with van der Waals surface area (Å²) in [5.74, 6) is 1.41. The first-order valence-corrected chi connectivity index (χ1v) is 9.32. The van der Waals surface area contributed by atoms with E-state index in [0.717, 1.165) is 18.4 Å². The Morgan fingerprint density at radius 2 is 2.23 bits per heavy atom. The summed E-state index contributed by atoms with van der Waals surface area (Å²) in [6.07, 6.45) is 7.42. The molecule has 6 nitrogen and oxygen atoms in total. The van der Waals surface area contributed by atoms with E-state index in [0.29, 0.717) is 24.1 Å². The number of ether oxygens (including phenoxy) is 1. The van der Waals surface area contributed by atoms with Crippen LogP contribution in [0, 0.1) is 16.7 Å². The van der Waals surface area contributed by atoms with Crippen LogP contribution in [0.2, 0.25) is 0 Å². The van der Waals surface area contributed by atoms with Crippen LogP contribution in [0.1, 0.15) is 52.3 Å². The van der Waals surface area contributed by atoms with Gasteiger partial charge < -0.3 is 9.26 Å². The molecular formula is C20H25N3O3. The van der Waals surface area contributed by atoms with Gasteiger partial charge in [0.25, 0.3) is 0 Å². The molecule has 0 saturated heterocycles. The second-order valence-corrected chi connectivity index (χ2v) is 8.34. The number of carbonyl (C=O) groups is 1. The van der Waals surface area contributed by atoms with E-state index in [1.54, 1.807) is 12.4 Å². The quantitative estimate of drug-likeness (QED) is 0.759. The third-order valence-electron chi connectivity index (χ3n) is 6.92. The van der Waals surface area contributed by atoms with Crippen LogP contribution in [-0.2, 0) is 16.0 Å². The maximum Gasteiger partial charge on any atom is 0.306 e. The Labute approximate surface area is 153 Å². The number of fused-ring (bicyclic) bond motifs is 2. The highest BCUT2D eigenvalue weighted by Crippen LogP contribution is 2.66. The molecule has 6 heteroatoms. The molecule has 2 fully saturated rings. The van der Waals surface area contributed by atoms with Crippen LogP contribution in [0.5, 0.6) is 0 Å². The van der Waals surface area contributed by atoms with Gasteiger partial charge in [-0.1, -0.05) is 25.9 Å². The van der Waals surface area contributed by atoms with Crippen molar-refractivity contribution in [1.82, 2.24) is 15.1 Å². The van der Waals surface area contributed by atoms with Crippen LogP contribution < -0.4 is 0 Å². The lowest BCUT2D eigenvalue weighted by atomic mass is 9.70. The first kappa shape index (κ1) is 17.2. The minimum absolute atomic E-state index is 0.0254. The van der Waals surface area contributed by atoms with Gasteiger partial charge in [0.15, 0.2) is 0 Å². The van der Waals surface area contributed by atoms with E-state index in [1.165, 1.54) is 6.42 Å². The van der Waals surface area contributed by atoms with Crippen LogP contribution in [0.4, 0.5) is 0 Å². The third kappa shape index (κ3) is 2.72. The normalized spacial score (nSPS) is 29.0. The van der Waals surface area contributed by atoms with Crippen LogP contribution in [0.15, 0.2) is 29.0 Å². The Bertz CT molecular complexity index is 802. The Morgan fingerprint density at radius 1 is 1.38 bits per heavy atom. The number of esters is 1. The molecule has 3 atom stereocenters. The largest absolute Gasteiger partial charge is 0.462 e. The number of aromatic nitrogens is 3. The average Bonchev–Trinajstić information content (AvgIpc) is 3.24. The molecule has 2 aliphatic rings. The van der Waals surface area contributed by atoms with Crippen molar-refractivity contribution in [2.24, 2.45) is 16.7 Å². The Morgan fingerprint density at radius 3 is 2.88 bits per heavy atom. The summed E-state index contributed by atoms with van der Waals surface area (Å²) in [5.41, 5.74) is 1.12. The standard InChI is InChI=1S/C20H25N3O3/c1-19(2)14-8-9-20(19,3)15(11-14)25-17(24)7-6-16-22-18(23-26-16)13-5-4-10-21-12-13/h4-5,10,12,14-15H,6-9,11H2,1-3H3/t14-,15-,20-/m0/s1. The summed E-state index contributed by atoms with van der Waals surface area (Å²) in [5, 5.41) is 3.95. The van der Waals surface area contributed by atoms with E-state index in [9.17, 15) is 4.79 Å². The molecule has 0 aliphatic heterocycles. The molecule has 2 aromatic heterocycles. The van der Waals surface area contributed by atoms with Crippen molar-refractivity contribution >= 4 is 5.97 Å². The topological polar surface area (TPSA) is 78.1 Å². The summed E-state index contributed by atoms with van der Waals surface area (Å²) in [6, 6.07) is 3.69. The van der Waals surface area contributed by atoms with Crippen LogP contribution in [-0.4, -0.2) is 27.2 Å². The van der Waals surface area contributed by atoms with Gasteiger partial charge in [-0.25, -0.2) is 0 Å². The van der Waals surface area contributed by atoms with E-state index >= 15 is 0 Å². The number of pyridine rings is 1.